The molecule has 0 saturated heterocycles. The molecule has 0 unspecified atom stereocenters. The molecule has 106 valence electrons. The zero-order chi connectivity index (χ0) is 14.4. The van der Waals surface area contributed by atoms with Crippen LogP contribution in [-0.2, 0) is 9.59 Å². The molecular weight excluding hydrogens is 232 g/mol. The molecule has 0 spiro atoms. The molecule has 4 nitrogen and oxygen atoms in total. The van der Waals surface area contributed by atoms with E-state index in [1.54, 1.807) is 0 Å². The second-order valence-electron chi connectivity index (χ2n) is 4.40. The van der Waals surface area contributed by atoms with E-state index < -0.39 is 11.9 Å². The number of carbonyl (C=O) groups is 2. The van der Waals surface area contributed by atoms with Crippen LogP contribution < -0.4 is 0 Å². The zero-order valence-corrected chi connectivity index (χ0v) is 11.7. The quantitative estimate of drug-likeness (QED) is 0.651. The molecule has 0 bridgehead atoms. The van der Waals surface area contributed by atoms with Gasteiger partial charge in [0, 0.05) is 12.2 Å². The van der Waals surface area contributed by atoms with E-state index in [1.807, 2.05) is 0 Å². The molecule has 0 saturated carbocycles. The predicted octanol–water partition coefficient (Wildman–Crippen LogP) is 3.71. The molecule has 0 aromatic rings. The highest BCUT2D eigenvalue weighted by molar-refractivity contribution is 5.89. The first-order chi connectivity index (χ1) is 8.43. The molecule has 0 aliphatic carbocycles. The largest absolute Gasteiger partial charge is 0.478 e. The van der Waals surface area contributed by atoms with Gasteiger partial charge in [-0.15, -0.1) is 0 Å². The highest BCUT2D eigenvalue weighted by atomic mass is 16.4. The van der Waals surface area contributed by atoms with Crippen LogP contribution in [0.4, 0.5) is 0 Å². The summed E-state index contributed by atoms with van der Waals surface area (Å²) in [6, 6.07) is 0. The maximum Gasteiger partial charge on any atom is 0.328 e. The Morgan fingerprint density at radius 2 is 1.28 bits per heavy atom. The van der Waals surface area contributed by atoms with Crippen LogP contribution in [0, 0.1) is 5.92 Å². The summed E-state index contributed by atoms with van der Waals surface area (Å²) in [6.45, 7) is 6.92. The second-order valence-corrected chi connectivity index (χ2v) is 4.40. The molecule has 4 heteroatoms. The Bertz CT molecular complexity index is 222. The predicted molar refractivity (Wildman–Crippen MR) is 72.6 cm³/mol. The van der Waals surface area contributed by atoms with Gasteiger partial charge in [0.1, 0.15) is 0 Å². The molecular formula is C14H26O4. The highest BCUT2D eigenvalue weighted by Gasteiger charge is 1.98. The van der Waals surface area contributed by atoms with Crippen LogP contribution in [0.2, 0.25) is 0 Å². The fraction of sp³-hybridized carbons (Fsp3) is 0.714. The van der Waals surface area contributed by atoms with E-state index >= 15 is 0 Å². The van der Waals surface area contributed by atoms with Crippen LogP contribution in [0.3, 0.4) is 0 Å². The minimum absolute atomic E-state index is 0.558. The topological polar surface area (TPSA) is 74.6 Å². The van der Waals surface area contributed by atoms with Crippen molar-refractivity contribution in [2.45, 2.75) is 59.3 Å². The van der Waals surface area contributed by atoms with Crippen molar-refractivity contribution in [3.63, 3.8) is 0 Å². The van der Waals surface area contributed by atoms with Crippen molar-refractivity contribution in [1.82, 2.24) is 0 Å². The monoisotopic (exact) mass is 258 g/mol. The van der Waals surface area contributed by atoms with Crippen molar-refractivity contribution in [2.24, 2.45) is 5.92 Å². The van der Waals surface area contributed by atoms with Gasteiger partial charge in [0.05, 0.1) is 0 Å². The van der Waals surface area contributed by atoms with Crippen LogP contribution in [0.5, 0.6) is 0 Å². The Kier molecular flexibility index (Phi) is 14.5. The highest BCUT2D eigenvalue weighted by Crippen LogP contribution is 2.14. The summed E-state index contributed by atoms with van der Waals surface area (Å²) in [5.74, 6) is -1.54. The standard InChI is InChI=1S/C10H22.C4H4O4/c1-4-6-8-10(3)9-7-5-2;5-3(6)1-2-4(7)8/h10H,4-9H2,1-3H3;1-2H,(H,5,6)(H,7,8)/b;2-1-. The lowest BCUT2D eigenvalue weighted by Gasteiger charge is -2.08. The molecule has 0 aliphatic rings. The van der Waals surface area contributed by atoms with Crippen LogP contribution in [0.1, 0.15) is 59.3 Å². The van der Waals surface area contributed by atoms with Gasteiger partial charge in [0.2, 0.25) is 0 Å². The molecule has 2 N–H and O–H groups in total. The minimum Gasteiger partial charge on any atom is -0.478 e. The molecule has 0 aromatic carbocycles. The third-order valence-electron chi connectivity index (χ3n) is 2.47. The molecule has 0 heterocycles. The summed E-state index contributed by atoms with van der Waals surface area (Å²) >= 11 is 0. The van der Waals surface area contributed by atoms with Gasteiger partial charge in [-0.2, -0.15) is 0 Å². The van der Waals surface area contributed by atoms with Crippen LogP contribution in [-0.4, -0.2) is 22.2 Å². The summed E-state index contributed by atoms with van der Waals surface area (Å²) in [5, 5.41) is 15.6. The van der Waals surface area contributed by atoms with Gasteiger partial charge in [-0.3, -0.25) is 0 Å². The van der Waals surface area contributed by atoms with Crippen molar-refractivity contribution in [3.8, 4) is 0 Å². The van der Waals surface area contributed by atoms with Crippen LogP contribution in [0.15, 0.2) is 12.2 Å². The third kappa shape index (κ3) is 20.1. The van der Waals surface area contributed by atoms with E-state index in [0.717, 1.165) is 5.92 Å². The number of rotatable bonds is 8. The fourth-order valence-corrected chi connectivity index (χ4v) is 1.39. The van der Waals surface area contributed by atoms with Crippen molar-refractivity contribution >= 4 is 11.9 Å². The first kappa shape index (κ1) is 19.0. The molecule has 18 heavy (non-hydrogen) atoms. The zero-order valence-electron chi connectivity index (χ0n) is 11.7. The molecule has 0 atom stereocenters. The maximum absolute atomic E-state index is 9.55. The molecule has 0 aromatic heterocycles. The summed E-state index contributed by atoms with van der Waals surface area (Å²) in [5.41, 5.74) is 0. The Morgan fingerprint density at radius 3 is 1.50 bits per heavy atom. The maximum atomic E-state index is 9.55. The number of hydrogen-bond acceptors (Lipinski definition) is 2. The Hall–Kier alpha value is -1.32. The summed E-state index contributed by atoms with van der Waals surface area (Å²) in [6.07, 6.45) is 9.56. The SMILES string of the molecule is CCCCC(C)CCCC.O=C(O)/C=C\C(=O)O. The van der Waals surface area contributed by atoms with E-state index in [-0.39, 0.29) is 0 Å². The number of aliphatic carboxylic acids is 2. The lowest BCUT2D eigenvalue weighted by molar-refractivity contribution is -0.134. The minimum atomic E-state index is -1.26. The van der Waals surface area contributed by atoms with Gasteiger partial charge in [0.25, 0.3) is 0 Å². The van der Waals surface area contributed by atoms with Gasteiger partial charge < -0.3 is 10.2 Å². The van der Waals surface area contributed by atoms with Crippen LogP contribution in [0.25, 0.3) is 0 Å². The van der Waals surface area contributed by atoms with E-state index in [0.29, 0.717) is 12.2 Å². The molecule has 0 fully saturated rings. The van der Waals surface area contributed by atoms with E-state index in [2.05, 4.69) is 20.8 Å². The van der Waals surface area contributed by atoms with E-state index in [4.69, 9.17) is 10.2 Å². The van der Waals surface area contributed by atoms with E-state index in [9.17, 15) is 9.59 Å². The van der Waals surface area contributed by atoms with E-state index in [1.165, 1.54) is 38.5 Å². The van der Waals surface area contributed by atoms with Crippen molar-refractivity contribution < 1.29 is 19.8 Å². The number of unbranched alkanes of at least 4 members (excludes halogenated alkanes) is 2. The fourth-order valence-electron chi connectivity index (χ4n) is 1.39. The van der Waals surface area contributed by atoms with Crippen molar-refractivity contribution in [3.05, 3.63) is 12.2 Å². The van der Waals surface area contributed by atoms with Gasteiger partial charge in [-0.25, -0.2) is 9.59 Å². The van der Waals surface area contributed by atoms with Crippen molar-refractivity contribution in [2.75, 3.05) is 0 Å². The third-order valence-corrected chi connectivity index (χ3v) is 2.47. The molecule has 0 radical (unpaired) electrons. The Labute approximate surface area is 110 Å². The first-order valence-electron chi connectivity index (χ1n) is 6.57. The first-order valence-corrected chi connectivity index (χ1v) is 6.57. The average molecular weight is 258 g/mol. The smallest absolute Gasteiger partial charge is 0.328 e. The average Bonchev–Trinajstić information content (AvgIpc) is 2.32. The van der Waals surface area contributed by atoms with Gasteiger partial charge >= 0.3 is 11.9 Å². The lowest BCUT2D eigenvalue weighted by Crippen LogP contribution is -1.93. The summed E-state index contributed by atoms with van der Waals surface area (Å²) in [4.78, 5) is 19.1. The van der Waals surface area contributed by atoms with Gasteiger partial charge in [-0.05, 0) is 5.92 Å². The summed E-state index contributed by atoms with van der Waals surface area (Å²) in [7, 11) is 0. The Morgan fingerprint density at radius 1 is 0.944 bits per heavy atom. The molecule has 0 aliphatic heterocycles. The summed E-state index contributed by atoms with van der Waals surface area (Å²) < 4.78 is 0. The van der Waals surface area contributed by atoms with Gasteiger partial charge in [0.15, 0.2) is 0 Å². The molecule has 0 rings (SSSR count). The Balaban J connectivity index is 0. The number of carboxylic acids is 2. The normalized spacial score (nSPS) is 10.2. The van der Waals surface area contributed by atoms with Crippen LogP contribution >= 0.6 is 0 Å². The number of carboxylic acid groups (broad SMARTS) is 2. The number of hydrogen-bond donors (Lipinski definition) is 2. The van der Waals surface area contributed by atoms with Gasteiger partial charge in [-0.1, -0.05) is 59.3 Å². The second kappa shape index (κ2) is 13.7. The van der Waals surface area contributed by atoms with Crippen molar-refractivity contribution in [1.29, 1.82) is 0 Å². The molecule has 0 amide bonds. The lowest BCUT2D eigenvalue weighted by atomic mass is 9.98.